The van der Waals surface area contributed by atoms with Gasteiger partial charge in [-0.25, -0.2) is 0 Å². The van der Waals surface area contributed by atoms with E-state index in [1.54, 1.807) is 7.11 Å². The summed E-state index contributed by atoms with van der Waals surface area (Å²) < 4.78 is 6.27. The molecule has 3 heteroatoms. The molecule has 100 valence electrons. The number of ether oxygens (including phenoxy) is 1. The lowest BCUT2D eigenvalue weighted by Crippen LogP contribution is -2.15. The van der Waals surface area contributed by atoms with E-state index >= 15 is 0 Å². The van der Waals surface area contributed by atoms with E-state index in [2.05, 4.69) is 46.3 Å². The molecular weight excluding hydrogens is 302 g/mol. The van der Waals surface area contributed by atoms with E-state index in [-0.39, 0.29) is 0 Å². The highest BCUT2D eigenvalue weighted by atomic mass is 79.9. The van der Waals surface area contributed by atoms with Crippen LogP contribution in [0.3, 0.4) is 0 Å². The summed E-state index contributed by atoms with van der Waals surface area (Å²) in [7, 11) is 1.68. The lowest BCUT2D eigenvalue weighted by Gasteiger charge is -2.16. The fourth-order valence-corrected chi connectivity index (χ4v) is 2.56. The topological polar surface area (TPSA) is 35.2 Å². The number of hydrogen-bond donors (Lipinski definition) is 1. The molecule has 0 fully saturated rings. The summed E-state index contributed by atoms with van der Waals surface area (Å²) in [5.41, 5.74) is 8.46. The molecule has 0 saturated carbocycles. The molecule has 0 heterocycles. The van der Waals surface area contributed by atoms with Crippen molar-refractivity contribution in [2.45, 2.75) is 12.3 Å². The zero-order valence-corrected chi connectivity index (χ0v) is 12.6. The third-order valence-corrected chi connectivity index (χ3v) is 3.74. The van der Waals surface area contributed by atoms with Crippen LogP contribution in [0.5, 0.6) is 5.75 Å². The van der Waals surface area contributed by atoms with E-state index in [4.69, 9.17) is 10.5 Å². The van der Waals surface area contributed by atoms with Crippen molar-refractivity contribution in [3.63, 3.8) is 0 Å². The van der Waals surface area contributed by atoms with Gasteiger partial charge in [0.05, 0.1) is 7.11 Å². The molecule has 0 spiro atoms. The highest BCUT2D eigenvalue weighted by Gasteiger charge is 2.11. The largest absolute Gasteiger partial charge is 0.497 e. The van der Waals surface area contributed by atoms with Gasteiger partial charge in [0.2, 0.25) is 0 Å². The molecule has 0 aromatic heterocycles. The zero-order valence-electron chi connectivity index (χ0n) is 11.0. The van der Waals surface area contributed by atoms with Crippen molar-refractivity contribution in [3.05, 3.63) is 64.1 Å². The van der Waals surface area contributed by atoms with Crippen molar-refractivity contribution in [2.75, 3.05) is 13.7 Å². The maximum absolute atomic E-state index is 5.92. The summed E-state index contributed by atoms with van der Waals surface area (Å²) in [6.07, 6.45) is 0.941. The monoisotopic (exact) mass is 319 g/mol. The number of methoxy groups -OCH3 is 1. The fraction of sp³-hybridized carbons (Fsp3) is 0.250. The van der Waals surface area contributed by atoms with Crippen LogP contribution in [-0.2, 0) is 6.42 Å². The Labute approximate surface area is 122 Å². The van der Waals surface area contributed by atoms with Gasteiger partial charge >= 0.3 is 0 Å². The Morgan fingerprint density at radius 2 is 1.89 bits per heavy atom. The minimum absolute atomic E-state index is 0.339. The predicted octanol–water partition coefficient (Wildman–Crippen LogP) is 3.74. The molecule has 0 amide bonds. The molecule has 2 rings (SSSR count). The Balaban J connectivity index is 2.14. The van der Waals surface area contributed by atoms with Crippen LogP contribution in [0.25, 0.3) is 0 Å². The molecule has 0 bridgehead atoms. The van der Waals surface area contributed by atoms with Crippen molar-refractivity contribution >= 4 is 15.9 Å². The quantitative estimate of drug-likeness (QED) is 0.911. The van der Waals surface area contributed by atoms with Crippen molar-refractivity contribution in [3.8, 4) is 5.75 Å². The second kappa shape index (κ2) is 6.73. The summed E-state index contributed by atoms with van der Waals surface area (Å²) in [5, 5.41) is 0. The Hall–Kier alpha value is -1.32. The van der Waals surface area contributed by atoms with Crippen LogP contribution in [0.4, 0.5) is 0 Å². The maximum Gasteiger partial charge on any atom is 0.118 e. The summed E-state index contributed by atoms with van der Waals surface area (Å²) in [5.74, 6) is 1.22. The van der Waals surface area contributed by atoms with Gasteiger partial charge in [0.1, 0.15) is 5.75 Å². The van der Waals surface area contributed by atoms with Crippen LogP contribution < -0.4 is 10.5 Å². The van der Waals surface area contributed by atoms with Crippen LogP contribution in [0.15, 0.2) is 53.0 Å². The number of halogens is 1. The van der Waals surface area contributed by atoms with Gasteiger partial charge in [0.15, 0.2) is 0 Å². The standard InChI is InChI=1S/C16H18BrNO/c1-19-16-7-5-12(6-8-16)9-14(11-18)13-3-2-4-15(17)10-13/h2-8,10,14H,9,11,18H2,1H3. The van der Waals surface area contributed by atoms with Crippen molar-refractivity contribution in [1.82, 2.24) is 0 Å². The fourth-order valence-electron chi connectivity index (χ4n) is 2.14. The van der Waals surface area contributed by atoms with Gasteiger partial charge in [-0.2, -0.15) is 0 Å². The number of benzene rings is 2. The molecule has 1 unspecified atom stereocenters. The minimum Gasteiger partial charge on any atom is -0.497 e. The smallest absolute Gasteiger partial charge is 0.118 e. The number of nitrogens with two attached hydrogens (primary N) is 1. The molecule has 2 N–H and O–H groups in total. The van der Waals surface area contributed by atoms with Crippen LogP contribution >= 0.6 is 15.9 Å². The van der Waals surface area contributed by atoms with Crippen LogP contribution in [-0.4, -0.2) is 13.7 Å². The average molecular weight is 320 g/mol. The van der Waals surface area contributed by atoms with E-state index in [9.17, 15) is 0 Å². The molecule has 0 radical (unpaired) electrons. The number of hydrogen-bond acceptors (Lipinski definition) is 2. The molecular formula is C16H18BrNO. The summed E-state index contributed by atoms with van der Waals surface area (Å²) in [4.78, 5) is 0. The van der Waals surface area contributed by atoms with Gasteiger partial charge in [-0.3, -0.25) is 0 Å². The Kier molecular flexibility index (Phi) is 5.00. The van der Waals surface area contributed by atoms with Gasteiger partial charge in [0, 0.05) is 10.4 Å². The first-order valence-corrected chi connectivity index (χ1v) is 7.10. The normalized spacial score (nSPS) is 12.2. The Morgan fingerprint density at radius 3 is 2.47 bits per heavy atom. The van der Waals surface area contributed by atoms with E-state index in [1.165, 1.54) is 11.1 Å². The highest BCUT2D eigenvalue weighted by Crippen LogP contribution is 2.24. The first kappa shape index (κ1) is 14.1. The van der Waals surface area contributed by atoms with Gasteiger partial charge in [-0.05, 0) is 48.4 Å². The third kappa shape index (κ3) is 3.82. The second-order valence-corrected chi connectivity index (χ2v) is 5.46. The molecule has 0 aliphatic heterocycles. The summed E-state index contributed by atoms with van der Waals surface area (Å²) in [6.45, 7) is 0.641. The second-order valence-electron chi connectivity index (χ2n) is 4.54. The molecule has 2 nitrogen and oxygen atoms in total. The maximum atomic E-state index is 5.92. The van der Waals surface area contributed by atoms with E-state index < -0.39 is 0 Å². The van der Waals surface area contributed by atoms with Crippen LogP contribution in [0, 0.1) is 0 Å². The van der Waals surface area contributed by atoms with Gasteiger partial charge in [0.25, 0.3) is 0 Å². The zero-order chi connectivity index (χ0) is 13.7. The molecule has 2 aromatic rings. The molecule has 0 aliphatic carbocycles. The van der Waals surface area contributed by atoms with Crippen molar-refractivity contribution in [1.29, 1.82) is 0 Å². The Morgan fingerprint density at radius 1 is 1.16 bits per heavy atom. The Bertz CT molecular complexity index is 525. The third-order valence-electron chi connectivity index (χ3n) is 3.25. The van der Waals surface area contributed by atoms with Gasteiger partial charge < -0.3 is 10.5 Å². The summed E-state index contributed by atoms with van der Waals surface area (Å²) >= 11 is 3.51. The van der Waals surface area contributed by atoms with Gasteiger partial charge in [-0.15, -0.1) is 0 Å². The molecule has 19 heavy (non-hydrogen) atoms. The lowest BCUT2D eigenvalue weighted by atomic mass is 9.92. The van der Waals surface area contributed by atoms with E-state index in [0.717, 1.165) is 16.6 Å². The first-order chi connectivity index (χ1) is 9.22. The molecule has 0 aliphatic rings. The highest BCUT2D eigenvalue weighted by molar-refractivity contribution is 9.10. The molecule has 0 saturated heterocycles. The van der Waals surface area contributed by atoms with E-state index in [1.807, 2.05) is 18.2 Å². The van der Waals surface area contributed by atoms with Crippen LogP contribution in [0.1, 0.15) is 17.0 Å². The van der Waals surface area contributed by atoms with Crippen molar-refractivity contribution in [2.24, 2.45) is 5.73 Å². The predicted molar refractivity (Wildman–Crippen MR) is 82.6 cm³/mol. The molecule has 1 atom stereocenters. The number of rotatable bonds is 5. The van der Waals surface area contributed by atoms with Gasteiger partial charge in [-0.1, -0.05) is 40.2 Å². The first-order valence-electron chi connectivity index (χ1n) is 6.31. The lowest BCUT2D eigenvalue weighted by molar-refractivity contribution is 0.414. The SMILES string of the molecule is COc1ccc(CC(CN)c2cccc(Br)c2)cc1. The minimum atomic E-state index is 0.339. The van der Waals surface area contributed by atoms with Crippen LogP contribution in [0.2, 0.25) is 0 Å². The van der Waals surface area contributed by atoms with E-state index in [0.29, 0.717) is 12.5 Å². The van der Waals surface area contributed by atoms with Crippen molar-refractivity contribution < 1.29 is 4.74 Å². The average Bonchev–Trinajstić information content (AvgIpc) is 2.45. The summed E-state index contributed by atoms with van der Waals surface area (Å²) in [6, 6.07) is 16.5. The molecule has 2 aromatic carbocycles.